The lowest BCUT2D eigenvalue weighted by atomic mass is 9.96. The van der Waals surface area contributed by atoms with Gasteiger partial charge >= 0.3 is 0 Å². The molecule has 1 atom stereocenters. The molecule has 0 spiro atoms. The zero-order valence-corrected chi connectivity index (χ0v) is 13.8. The van der Waals surface area contributed by atoms with Gasteiger partial charge in [-0.05, 0) is 31.4 Å². The molecule has 0 aliphatic carbocycles. The third-order valence-corrected chi connectivity index (χ3v) is 4.41. The van der Waals surface area contributed by atoms with E-state index in [0.29, 0.717) is 18.9 Å². The van der Waals surface area contributed by atoms with Crippen molar-refractivity contribution >= 4 is 17.2 Å². The number of carbonyl (C=O) groups is 1. The maximum atomic E-state index is 12.2. The summed E-state index contributed by atoms with van der Waals surface area (Å²) < 4.78 is 1.67. The van der Waals surface area contributed by atoms with Gasteiger partial charge < -0.3 is 5.32 Å². The standard InChI is InChI=1S/C15H22N4OS/c1-10(2)15(13-7-11(3)21-12(13)4)18-14(20)5-6-19-9-16-8-17-19/h7-10,15H,5-6H2,1-4H3,(H,18,20)/t15-/m1/s1. The summed E-state index contributed by atoms with van der Waals surface area (Å²) >= 11 is 1.78. The summed E-state index contributed by atoms with van der Waals surface area (Å²) in [6, 6.07) is 2.25. The van der Waals surface area contributed by atoms with Gasteiger partial charge in [0.05, 0.1) is 12.6 Å². The maximum absolute atomic E-state index is 12.2. The van der Waals surface area contributed by atoms with Crippen LogP contribution >= 0.6 is 11.3 Å². The molecule has 1 N–H and O–H groups in total. The second kappa shape index (κ2) is 6.85. The lowest BCUT2D eigenvalue weighted by Gasteiger charge is -2.22. The van der Waals surface area contributed by atoms with E-state index in [4.69, 9.17) is 0 Å². The predicted octanol–water partition coefficient (Wildman–Crippen LogP) is 2.86. The number of amides is 1. The van der Waals surface area contributed by atoms with Gasteiger partial charge in [0, 0.05) is 16.2 Å². The Balaban J connectivity index is 1.99. The van der Waals surface area contributed by atoms with Crippen LogP contribution in [0.25, 0.3) is 0 Å². The molecular weight excluding hydrogens is 284 g/mol. The Bertz CT molecular complexity index is 589. The van der Waals surface area contributed by atoms with Crippen LogP contribution in [0.15, 0.2) is 18.7 Å². The molecule has 5 nitrogen and oxygen atoms in total. The molecule has 0 bridgehead atoms. The van der Waals surface area contributed by atoms with Crippen molar-refractivity contribution < 1.29 is 4.79 Å². The number of nitrogens with one attached hydrogen (secondary N) is 1. The number of hydrogen-bond acceptors (Lipinski definition) is 4. The zero-order valence-electron chi connectivity index (χ0n) is 13.0. The lowest BCUT2D eigenvalue weighted by molar-refractivity contribution is -0.122. The Morgan fingerprint density at radius 1 is 1.43 bits per heavy atom. The van der Waals surface area contributed by atoms with Crippen molar-refractivity contribution in [1.29, 1.82) is 0 Å². The van der Waals surface area contributed by atoms with Crippen LogP contribution < -0.4 is 5.32 Å². The third-order valence-electron chi connectivity index (χ3n) is 3.43. The SMILES string of the molecule is Cc1cc([C@H](NC(=O)CCn2cncn2)C(C)C)c(C)s1. The van der Waals surface area contributed by atoms with Crippen molar-refractivity contribution in [3.63, 3.8) is 0 Å². The second-order valence-corrected chi connectivity index (χ2v) is 7.03. The van der Waals surface area contributed by atoms with E-state index >= 15 is 0 Å². The molecule has 0 saturated carbocycles. The van der Waals surface area contributed by atoms with E-state index in [1.54, 1.807) is 22.3 Å². The van der Waals surface area contributed by atoms with Crippen molar-refractivity contribution in [2.75, 3.05) is 0 Å². The first-order valence-electron chi connectivity index (χ1n) is 7.16. The number of carbonyl (C=O) groups excluding carboxylic acids is 1. The minimum absolute atomic E-state index is 0.0486. The first kappa shape index (κ1) is 15.7. The predicted molar refractivity (Wildman–Crippen MR) is 84.2 cm³/mol. The van der Waals surface area contributed by atoms with Crippen LogP contribution in [0.1, 0.15) is 41.6 Å². The number of thiophene rings is 1. The van der Waals surface area contributed by atoms with E-state index in [1.165, 1.54) is 21.6 Å². The highest BCUT2D eigenvalue weighted by Gasteiger charge is 2.21. The zero-order chi connectivity index (χ0) is 15.4. The van der Waals surface area contributed by atoms with Gasteiger partial charge in [-0.15, -0.1) is 11.3 Å². The highest BCUT2D eigenvalue weighted by molar-refractivity contribution is 7.12. The van der Waals surface area contributed by atoms with Gasteiger partial charge in [-0.3, -0.25) is 9.48 Å². The van der Waals surface area contributed by atoms with Crippen LogP contribution in [-0.4, -0.2) is 20.7 Å². The molecule has 0 unspecified atom stereocenters. The van der Waals surface area contributed by atoms with E-state index < -0.39 is 0 Å². The lowest BCUT2D eigenvalue weighted by Crippen LogP contribution is -2.32. The minimum atomic E-state index is 0.0486. The smallest absolute Gasteiger partial charge is 0.222 e. The molecule has 2 aromatic heterocycles. The summed E-state index contributed by atoms with van der Waals surface area (Å²) in [5.74, 6) is 0.403. The molecule has 6 heteroatoms. The Kier molecular flexibility index (Phi) is 5.12. The number of aromatic nitrogens is 3. The summed E-state index contributed by atoms with van der Waals surface area (Å²) in [4.78, 5) is 18.6. The number of aryl methyl sites for hydroxylation is 3. The Morgan fingerprint density at radius 2 is 2.19 bits per heavy atom. The topological polar surface area (TPSA) is 59.8 Å². The van der Waals surface area contributed by atoms with Crippen LogP contribution in [0.3, 0.4) is 0 Å². The van der Waals surface area contributed by atoms with Crippen LogP contribution in [-0.2, 0) is 11.3 Å². The van der Waals surface area contributed by atoms with Crippen LogP contribution in [0.4, 0.5) is 0 Å². The molecular formula is C15H22N4OS. The van der Waals surface area contributed by atoms with E-state index in [0.717, 1.165) is 0 Å². The molecule has 0 fully saturated rings. The molecule has 0 aromatic carbocycles. The third kappa shape index (κ3) is 4.14. The summed E-state index contributed by atoms with van der Waals surface area (Å²) in [7, 11) is 0. The van der Waals surface area contributed by atoms with Gasteiger partial charge in [0.2, 0.25) is 5.91 Å². The summed E-state index contributed by atoms with van der Waals surface area (Å²) in [6.45, 7) is 9.04. The monoisotopic (exact) mass is 306 g/mol. The molecule has 2 heterocycles. The summed E-state index contributed by atoms with van der Waals surface area (Å²) in [5, 5.41) is 7.16. The van der Waals surface area contributed by atoms with Crippen molar-refractivity contribution in [1.82, 2.24) is 20.1 Å². The van der Waals surface area contributed by atoms with Gasteiger partial charge in [0.25, 0.3) is 0 Å². The normalized spacial score (nSPS) is 12.6. The Hall–Kier alpha value is -1.69. The van der Waals surface area contributed by atoms with Crippen LogP contribution in [0.5, 0.6) is 0 Å². The fraction of sp³-hybridized carbons (Fsp3) is 0.533. The maximum Gasteiger partial charge on any atom is 0.222 e. The first-order valence-corrected chi connectivity index (χ1v) is 7.97. The van der Waals surface area contributed by atoms with Crippen molar-refractivity contribution in [3.05, 3.63) is 34.0 Å². The van der Waals surface area contributed by atoms with Crippen LogP contribution in [0.2, 0.25) is 0 Å². The highest BCUT2D eigenvalue weighted by Crippen LogP contribution is 2.30. The number of hydrogen-bond donors (Lipinski definition) is 1. The van der Waals surface area contributed by atoms with E-state index in [-0.39, 0.29) is 11.9 Å². The average molecular weight is 306 g/mol. The number of nitrogens with zero attached hydrogens (tertiary/aromatic N) is 3. The molecule has 1 amide bonds. The van der Waals surface area contributed by atoms with Crippen LogP contribution in [0, 0.1) is 19.8 Å². The number of rotatable bonds is 6. The van der Waals surface area contributed by atoms with Crippen molar-refractivity contribution in [2.45, 2.75) is 46.7 Å². The van der Waals surface area contributed by atoms with Crippen molar-refractivity contribution in [3.8, 4) is 0 Å². The second-order valence-electron chi connectivity index (χ2n) is 5.57. The van der Waals surface area contributed by atoms with Gasteiger partial charge in [0.1, 0.15) is 12.7 Å². The minimum Gasteiger partial charge on any atom is -0.349 e. The van der Waals surface area contributed by atoms with Gasteiger partial charge in [-0.1, -0.05) is 13.8 Å². The van der Waals surface area contributed by atoms with E-state index in [1.807, 2.05) is 0 Å². The molecule has 21 heavy (non-hydrogen) atoms. The van der Waals surface area contributed by atoms with Gasteiger partial charge in [-0.25, -0.2) is 4.98 Å². The first-order chi connectivity index (χ1) is 9.97. The quantitative estimate of drug-likeness (QED) is 0.892. The molecule has 0 saturated heterocycles. The molecule has 2 aromatic rings. The van der Waals surface area contributed by atoms with Gasteiger partial charge in [-0.2, -0.15) is 5.10 Å². The Labute approximate surface area is 129 Å². The molecule has 2 rings (SSSR count). The fourth-order valence-corrected chi connectivity index (χ4v) is 3.35. The van der Waals surface area contributed by atoms with E-state index in [2.05, 4.69) is 49.2 Å². The highest BCUT2D eigenvalue weighted by atomic mass is 32.1. The largest absolute Gasteiger partial charge is 0.349 e. The Morgan fingerprint density at radius 3 is 2.71 bits per heavy atom. The summed E-state index contributed by atoms with van der Waals surface area (Å²) in [5.41, 5.74) is 1.24. The van der Waals surface area contributed by atoms with E-state index in [9.17, 15) is 4.79 Å². The van der Waals surface area contributed by atoms with Gasteiger partial charge in [0.15, 0.2) is 0 Å². The summed E-state index contributed by atoms with van der Waals surface area (Å²) in [6.07, 6.45) is 3.51. The molecule has 0 aliphatic heterocycles. The average Bonchev–Trinajstić information content (AvgIpc) is 3.03. The molecule has 0 radical (unpaired) electrons. The molecule has 114 valence electrons. The molecule has 0 aliphatic rings. The fourth-order valence-electron chi connectivity index (χ4n) is 2.37. The van der Waals surface area contributed by atoms with Crippen molar-refractivity contribution in [2.24, 2.45) is 5.92 Å².